The van der Waals surface area contributed by atoms with Crippen molar-refractivity contribution in [3.05, 3.63) is 24.4 Å². The molecular formula is C19H24N4O. The Hall–Kier alpha value is -1.93. The molecule has 2 heterocycles. The zero-order valence-electron chi connectivity index (χ0n) is 14.0. The number of likely N-dealkylation sites (tertiary alicyclic amines) is 1. The molecule has 2 aliphatic carbocycles. The molecule has 4 rings (SSSR count). The van der Waals surface area contributed by atoms with Crippen LogP contribution in [0.2, 0.25) is 0 Å². The van der Waals surface area contributed by atoms with Crippen molar-refractivity contribution in [1.82, 2.24) is 9.88 Å². The minimum Gasteiger partial charge on any atom is -0.310 e. The van der Waals surface area contributed by atoms with Crippen LogP contribution in [0.3, 0.4) is 0 Å². The third kappa shape index (κ3) is 2.69. The van der Waals surface area contributed by atoms with Crippen LogP contribution in [0.15, 0.2) is 24.4 Å². The number of nitrogens with zero attached hydrogens (tertiary/aromatic N) is 3. The van der Waals surface area contributed by atoms with Crippen LogP contribution in [0.25, 0.3) is 0 Å². The number of amides is 1. The van der Waals surface area contributed by atoms with Crippen molar-refractivity contribution in [1.29, 1.82) is 5.26 Å². The fraction of sp³-hybridized carbons (Fsp3) is 0.632. The quantitative estimate of drug-likeness (QED) is 0.924. The van der Waals surface area contributed by atoms with E-state index in [1.807, 2.05) is 18.2 Å². The molecule has 1 aliphatic heterocycles. The van der Waals surface area contributed by atoms with E-state index in [2.05, 4.69) is 21.3 Å². The van der Waals surface area contributed by atoms with E-state index in [4.69, 9.17) is 0 Å². The number of hydrogen-bond acceptors (Lipinski definition) is 4. The van der Waals surface area contributed by atoms with E-state index in [1.54, 1.807) is 6.20 Å². The lowest BCUT2D eigenvalue weighted by Gasteiger charge is -2.37. The number of aromatic nitrogens is 1. The van der Waals surface area contributed by atoms with Gasteiger partial charge >= 0.3 is 0 Å². The van der Waals surface area contributed by atoms with Gasteiger partial charge in [-0.1, -0.05) is 18.9 Å². The lowest BCUT2D eigenvalue weighted by molar-refractivity contribution is -0.128. The fourth-order valence-corrected chi connectivity index (χ4v) is 4.61. The second-order valence-corrected chi connectivity index (χ2v) is 7.83. The largest absolute Gasteiger partial charge is 0.310 e. The summed E-state index contributed by atoms with van der Waals surface area (Å²) in [5, 5.41) is 12.4. The maximum absolute atomic E-state index is 13.1. The summed E-state index contributed by atoms with van der Waals surface area (Å²) in [6, 6.07) is 8.08. The second-order valence-electron chi connectivity index (χ2n) is 7.83. The minimum absolute atomic E-state index is 0.121. The predicted molar refractivity (Wildman–Crippen MR) is 91.0 cm³/mol. The highest BCUT2D eigenvalue weighted by atomic mass is 16.2. The molecule has 3 aliphatic rings. The van der Waals surface area contributed by atoms with Gasteiger partial charge in [0.1, 0.15) is 5.82 Å². The lowest BCUT2D eigenvalue weighted by Crippen LogP contribution is -2.45. The van der Waals surface area contributed by atoms with Crippen molar-refractivity contribution in [2.45, 2.75) is 38.5 Å². The first-order chi connectivity index (χ1) is 11.7. The lowest BCUT2D eigenvalue weighted by atomic mass is 9.67. The summed E-state index contributed by atoms with van der Waals surface area (Å²) in [5.41, 5.74) is -0.437. The number of rotatable bonds is 4. The molecule has 1 amide bonds. The topological polar surface area (TPSA) is 69.0 Å². The highest BCUT2D eigenvalue weighted by molar-refractivity contribution is 5.95. The van der Waals surface area contributed by atoms with E-state index in [9.17, 15) is 10.1 Å². The molecule has 0 unspecified atom stereocenters. The highest BCUT2D eigenvalue weighted by Gasteiger charge is 2.55. The number of fused-ring (bicyclic) bond motifs is 1. The van der Waals surface area contributed by atoms with Gasteiger partial charge in [0.25, 0.3) is 0 Å². The number of nitrogens with one attached hydrogen (secondary N) is 1. The Balaban J connectivity index is 1.52. The zero-order valence-corrected chi connectivity index (χ0v) is 14.0. The van der Waals surface area contributed by atoms with Crippen LogP contribution in [0, 0.1) is 28.1 Å². The molecule has 5 heteroatoms. The SMILES string of the molecule is N#CC1(CN2C[C@@H]3CCCC[C@@]3(C(=O)Nc3ccccn3)C2)CC1. The van der Waals surface area contributed by atoms with Gasteiger partial charge in [-0.05, 0) is 43.7 Å². The molecule has 0 radical (unpaired) electrons. The van der Waals surface area contributed by atoms with Crippen LogP contribution in [-0.2, 0) is 4.79 Å². The molecule has 1 saturated heterocycles. The standard InChI is InChI=1S/C19H24N4O/c20-12-18(8-9-18)13-23-11-15-5-1-3-7-19(15,14-23)17(24)22-16-6-2-4-10-21-16/h2,4,6,10,15H,1,3,5,7-9,11,13-14H2,(H,21,22,24)/t15-,19+/m0/s1. The summed E-state index contributed by atoms with van der Waals surface area (Å²) in [5.74, 6) is 1.16. The van der Waals surface area contributed by atoms with Crippen LogP contribution in [0.4, 0.5) is 5.82 Å². The first-order valence-corrected chi connectivity index (χ1v) is 9.02. The first kappa shape index (κ1) is 15.6. The smallest absolute Gasteiger partial charge is 0.233 e. The maximum atomic E-state index is 13.1. The normalized spacial score (nSPS) is 31.0. The predicted octanol–water partition coefficient (Wildman–Crippen LogP) is 2.82. The molecular weight excluding hydrogens is 300 g/mol. The van der Waals surface area contributed by atoms with Crippen LogP contribution in [0.1, 0.15) is 38.5 Å². The van der Waals surface area contributed by atoms with Gasteiger partial charge in [-0.3, -0.25) is 4.79 Å². The van der Waals surface area contributed by atoms with Crippen LogP contribution in [-0.4, -0.2) is 35.4 Å². The summed E-state index contributed by atoms with van der Waals surface area (Å²) in [7, 11) is 0. The molecule has 126 valence electrons. The van der Waals surface area contributed by atoms with E-state index in [-0.39, 0.29) is 16.7 Å². The Bertz CT molecular complexity index is 664. The summed E-state index contributed by atoms with van der Waals surface area (Å²) < 4.78 is 0. The molecule has 2 atom stereocenters. The van der Waals surface area contributed by atoms with Crippen molar-refractivity contribution >= 4 is 11.7 Å². The number of nitriles is 1. The number of pyridine rings is 1. The molecule has 1 aromatic heterocycles. The Morgan fingerprint density at radius 3 is 2.96 bits per heavy atom. The van der Waals surface area contributed by atoms with Gasteiger partial charge in [0, 0.05) is 25.8 Å². The molecule has 1 N–H and O–H groups in total. The van der Waals surface area contributed by atoms with Gasteiger partial charge in [-0.15, -0.1) is 0 Å². The summed E-state index contributed by atoms with van der Waals surface area (Å²) >= 11 is 0. The van der Waals surface area contributed by atoms with E-state index in [0.29, 0.717) is 11.7 Å². The molecule has 3 fully saturated rings. The molecule has 2 saturated carbocycles. The molecule has 5 nitrogen and oxygen atoms in total. The fourth-order valence-electron chi connectivity index (χ4n) is 4.61. The Morgan fingerprint density at radius 2 is 2.25 bits per heavy atom. The van der Waals surface area contributed by atoms with Crippen molar-refractivity contribution < 1.29 is 4.79 Å². The number of carbonyl (C=O) groups is 1. The third-order valence-electron chi connectivity index (χ3n) is 6.17. The minimum atomic E-state index is -0.304. The van der Waals surface area contributed by atoms with Crippen molar-refractivity contribution in [2.75, 3.05) is 25.0 Å². The van der Waals surface area contributed by atoms with Crippen molar-refractivity contribution in [2.24, 2.45) is 16.7 Å². The molecule has 0 aromatic carbocycles. The van der Waals surface area contributed by atoms with Crippen LogP contribution >= 0.6 is 0 Å². The number of carbonyl (C=O) groups excluding carboxylic acids is 1. The van der Waals surface area contributed by atoms with E-state index < -0.39 is 0 Å². The van der Waals surface area contributed by atoms with Crippen LogP contribution < -0.4 is 5.32 Å². The Kier molecular flexibility index (Phi) is 3.80. The second kappa shape index (κ2) is 5.86. The highest BCUT2D eigenvalue weighted by Crippen LogP contribution is 2.51. The van der Waals surface area contributed by atoms with Gasteiger partial charge in [0.2, 0.25) is 5.91 Å². The average molecular weight is 324 g/mol. The van der Waals surface area contributed by atoms with Gasteiger partial charge in [0.15, 0.2) is 0 Å². The number of hydrogen-bond donors (Lipinski definition) is 1. The maximum Gasteiger partial charge on any atom is 0.233 e. The zero-order chi connectivity index (χ0) is 16.6. The summed E-state index contributed by atoms with van der Waals surface area (Å²) in [6.07, 6.45) is 8.12. The Morgan fingerprint density at radius 1 is 1.38 bits per heavy atom. The van der Waals surface area contributed by atoms with Gasteiger partial charge in [-0.2, -0.15) is 5.26 Å². The summed E-state index contributed by atoms with van der Waals surface area (Å²) in [4.78, 5) is 19.7. The first-order valence-electron chi connectivity index (χ1n) is 9.02. The van der Waals surface area contributed by atoms with E-state index in [0.717, 1.165) is 51.7 Å². The number of anilines is 1. The monoisotopic (exact) mass is 324 g/mol. The third-order valence-corrected chi connectivity index (χ3v) is 6.17. The van der Waals surface area contributed by atoms with E-state index in [1.165, 1.54) is 6.42 Å². The molecule has 1 aromatic rings. The van der Waals surface area contributed by atoms with Crippen LogP contribution in [0.5, 0.6) is 0 Å². The summed E-state index contributed by atoms with van der Waals surface area (Å²) in [6.45, 7) is 2.58. The van der Waals surface area contributed by atoms with Crippen molar-refractivity contribution in [3.8, 4) is 6.07 Å². The molecule has 0 spiro atoms. The molecule has 24 heavy (non-hydrogen) atoms. The van der Waals surface area contributed by atoms with E-state index >= 15 is 0 Å². The van der Waals surface area contributed by atoms with Crippen molar-refractivity contribution in [3.63, 3.8) is 0 Å². The van der Waals surface area contributed by atoms with Gasteiger partial charge in [-0.25, -0.2) is 4.98 Å². The van der Waals surface area contributed by atoms with Gasteiger partial charge in [0.05, 0.1) is 16.9 Å². The Labute approximate surface area is 143 Å². The average Bonchev–Trinajstić information content (AvgIpc) is 3.27. The van der Waals surface area contributed by atoms with Gasteiger partial charge < -0.3 is 10.2 Å². The molecule has 0 bridgehead atoms.